The third-order valence-corrected chi connectivity index (χ3v) is 2.38. The van der Waals surface area contributed by atoms with Crippen molar-refractivity contribution in [2.45, 2.75) is 13.0 Å². The van der Waals surface area contributed by atoms with Gasteiger partial charge in [0, 0.05) is 19.2 Å². The van der Waals surface area contributed by atoms with Crippen molar-refractivity contribution in [3.63, 3.8) is 0 Å². The number of likely N-dealkylation sites (tertiary alicyclic amines) is 1. The van der Waals surface area contributed by atoms with Gasteiger partial charge < -0.3 is 4.90 Å². The first-order chi connectivity index (χ1) is 7.29. The smallest absolute Gasteiger partial charge is 0.224 e. The van der Waals surface area contributed by atoms with E-state index in [1.54, 1.807) is 17.2 Å². The van der Waals surface area contributed by atoms with Crippen LogP contribution in [0.3, 0.4) is 0 Å². The summed E-state index contributed by atoms with van der Waals surface area (Å²) in [4.78, 5) is 13.1. The summed E-state index contributed by atoms with van der Waals surface area (Å²) in [7, 11) is 0. The summed E-state index contributed by atoms with van der Waals surface area (Å²) in [6.45, 7) is 0.955. The van der Waals surface area contributed by atoms with Gasteiger partial charge in [-0.25, -0.2) is 0 Å². The van der Waals surface area contributed by atoms with Crippen LogP contribution in [0.1, 0.15) is 12.1 Å². The fraction of sp³-hybridized carbons (Fsp3) is 0.400. The van der Waals surface area contributed by atoms with E-state index >= 15 is 0 Å². The first kappa shape index (κ1) is 9.59. The molecule has 0 radical (unpaired) electrons. The van der Waals surface area contributed by atoms with Gasteiger partial charge in [0.25, 0.3) is 0 Å². The molecule has 0 spiro atoms. The first-order valence-corrected chi connectivity index (χ1v) is 4.73. The Morgan fingerprint density at radius 3 is 3.13 bits per heavy atom. The third-order valence-electron chi connectivity index (χ3n) is 2.38. The number of nitrogens with zero attached hydrogens (tertiary/aromatic N) is 4. The summed E-state index contributed by atoms with van der Waals surface area (Å²) >= 11 is 0. The van der Waals surface area contributed by atoms with Crippen LogP contribution in [0.4, 0.5) is 0 Å². The Morgan fingerprint density at radius 1 is 1.67 bits per heavy atom. The molecule has 0 N–H and O–H groups in total. The molecular formula is C10H10N4O. The number of nitriles is 1. The summed E-state index contributed by atoms with van der Waals surface area (Å²) in [5.74, 6) is -0.152. The molecule has 2 heterocycles. The lowest BCUT2D eigenvalue weighted by molar-refractivity contribution is -0.128. The van der Waals surface area contributed by atoms with Gasteiger partial charge >= 0.3 is 0 Å². The van der Waals surface area contributed by atoms with E-state index in [-0.39, 0.29) is 11.8 Å². The van der Waals surface area contributed by atoms with Gasteiger partial charge in [0.1, 0.15) is 0 Å². The summed E-state index contributed by atoms with van der Waals surface area (Å²) in [6.07, 6.45) is 1.92. The van der Waals surface area contributed by atoms with Gasteiger partial charge in [-0.1, -0.05) is 0 Å². The molecule has 1 aromatic rings. The zero-order valence-corrected chi connectivity index (χ0v) is 8.13. The average molecular weight is 202 g/mol. The summed E-state index contributed by atoms with van der Waals surface area (Å²) < 4.78 is 0. The van der Waals surface area contributed by atoms with Gasteiger partial charge in [0.05, 0.1) is 24.2 Å². The molecule has 0 aromatic carbocycles. The Kier molecular flexibility index (Phi) is 2.59. The number of rotatable bonds is 2. The predicted molar refractivity (Wildman–Crippen MR) is 51.2 cm³/mol. The van der Waals surface area contributed by atoms with Gasteiger partial charge in [-0.05, 0) is 12.1 Å². The zero-order valence-electron chi connectivity index (χ0n) is 8.13. The van der Waals surface area contributed by atoms with Crippen molar-refractivity contribution >= 4 is 5.91 Å². The molecule has 1 fully saturated rings. The van der Waals surface area contributed by atoms with Gasteiger partial charge in [0.15, 0.2) is 0 Å². The quantitative estimate of drug-likeness (QED) is 0.693. The Morgan fingerprint density at radius 2 is 2.53 bits per heavy atom. The van der Waals surface area contributed by atoms with Crippen molar-refractivity contribution in [1.82, 2.24) is 15.1 Å². The zero-order chi connectivity index (χ0) is 10.7. The van der Waals surface area contributed by atoms with E-state index in [1.165, 1.54) is 0 Å². The highest BCUT2D eigenvalue weighted by atomic mass is 16.2. The Balaban J connectivity index is 2.02. The van der Waals surface area contributed by atoms with Crippen LogP contribution in [0.15, 0.2) is 18.3 Å². The fourth-order valence-corrected chi connectivity index (χ4v) is 1.62. The minimum absolute atomic E-state index is 0.0206. The second kappa shape index (κ2) is 4.05. The third kappa shape index (κ3) is 2.10. The van der Waals surface area contributed by atoms with Crippen molar-refractivity contribution in [2.24, 2.45) is 5.92 Å². The average Bonchev–Trinajstić information content (AvgIpc) is 2.61. The normalized spacial score (nSPS) is 20.3. The van der Waals surface area contributed by atoms with Gasteiger partial charge in [0.2, 0.25) is 5.91 Å². The molecule has 1 aliphatic heterocycles. The number of hydrogen-bond acceptors (Lipinski definition) is 4. The number of aromatic nitrogens is 2. The number of hydrogen-bond donors (Lipinski definition) is 0. The SMILES string of the molecule is N#CC1CC(=O)N(Cc2cccnn2)C1. The van der Waals surface area contributed by atoms with Crippen LogP contribution in [0.25, 0.3) is 0 Å². The van der Waals surface area contributed by atoms with Crippen molar-refractivity contribution in [1.29, 1.82) is 5.26 Å². The minimum atomic E-state index is -0.172. The Labute approximate surface area is 87.3 Å². The molecule has 1 aromatic heterocycles. The van der Waals surface area contributed by atoms with E-state index in [1.807, 2.05) is 6.07 Å². The van der Waals surface area contributed by atoms with Crippen molar-refractivity contribution < 1.29 is 4.79 Å². The second-order valence-corrected chi connectivity index (χ2v) is 3.52. The second-order valence-electron chi connectivity index (χ2n) is 3.52. The molecule has 5 nitrogen and oxygen atoms in total. The molecule has 1 aliphatic rings. The molecule has 0 aliphatic carbocycles. The van der Waals surface area contributed by atoms with Crippen LogP contribution in [0, 0.1) is 17.2 Å². The van der Waals surface area contributed by atoms with E-state index in [0.29, 0.717) is 19.5 Å². The highest BCUT2D eigenvalue weighted by molar-refractivity contribution is 5.79. The molecule has 0 saturated carbocycles. The van der Waals surface area contributed by atoms with Crippen LogP contribution in [0.2, 0.25) is 0 Å². The highest BCUT2D eigenvalue weighted by Gasteiger charge is 2.29. The lowest BCUT2D eigenvalue weighted by Crippen LogP contribution is -2.25. The van der Waals surface area contributed by atoms with E-state index < -0.39 is 0 Å². The monoisotopic (exact) mass is 202 g/mol. The Hall–Kier alpha value is -1.96. The summed E-state index contributed by atoms with van der Waals surface area (Å²) in [6, 6.07) is 5.71. The predicted octanol–water partition coefficient (Wildman–Crippen LogP) is 0.349. The van der Waals surface area contributed by atoms with Crippen LogP contribution in [-0.4, -0.2) is 27.5 Å². The van der Waals surface area contributed by atoms with Gasteiger partial charge in [-0.3, -0.25) is 4.79 Å². The molecule has 1 amide bonds. The van der Waals surface area contributed by atoms with Crippen LogP contribution < -0.4 is 0 Å². The summed E-state index contributed by atoms with van der Waals surface area (Å²) in [5, 5.41) is 16.3. The topological polar surface area (TPSA) is 69.9 Å². The fourth-order valence-electron chi connectivity index (χ4n) is 1.62. The number of amides is 1. The van der Waals surface area contributed by atoms with E-state index in [4.69, 9.17) is 5.26 Å². The molecule has 1 atom stereocenters. The molecule has 2 rings (SSSR count). The van der Waals surface area contributed by atoms with Crippen molar-refractivity contribution in [3.8, 4) is 6.07 Å². The van der Waals surface area contributed by atoms with E-state index in [0.717, 1.165) is 5.69 Å². The molecule has 1 saturated heterocycles. The van der Waals surface area contributed by atoms with Gasteiger partial charge in [-0.15, -0.1) is 0 Å². The molecule has 76 valence electrons. The largest absolute Gasteiger partial charge is 0.335 e. The lowest BCUT2D eigenvalue weighted by Gasteiger charge is -2.13. The number of carbonyl (C=O) groups excluding carboxylic acids is 1. The maximum Gasteiger partial charge on any atom is 0.224 e. The van der Waals surface area contributed by atoms with Crippen molar-refractivity contribution in [3.05, 3.63) is 24.0 Å². The Bertz CT molecular complexity index is 398. The molecule has 0 bridgehead atoms. The highest BCUT2D eigenvalue weighted by Crippen LogP contribution is 2.18. The van der Waals surface area contributed by atoms with E-state index in [2.05, 4.69) is 16.3 Å². The molecular weight excluding hydrogens is 192 g/mol. The first-order valence-electron chi connectivity index (χ1n) is 4.73. The van der Waals surface area contributed by atoms with E-state index in [9.17, 15) is 4.79 Å². The lowest BCUT2D eigenvalue weighted by atomic mass is 10.1. The molecule has 5 heteroatoms. The molecule has 15 heavy (non-hydrogen) atoms. The maximum atomic E-state index is 11.5. The molecule has 1 unspecified atom stereocenters. The summed E-state index contributed by atoms with van der Waals surface area (Å²) in [5.41, 5.74) is 0.754. The standard InChI is InChI=1S/C10H10N4O/c11-5-8-4-10(15)14(6-8)7-9-2-1-3-12-13-9/h1-3,8H,4,6-7H2. The minimum Gasteiger partial charge on any atom is -0.335 e. The van der Waals surface area contributed by atoms with Crippen LogP contribution >= 0.6 is 0 Å². The van der Waals surface area contributed by atoms with Crippen LogP contribution in [0.5, 0.6) is 0 Å². The number of carbonyl (C=O) groups is 1. The van der Waals surface area contributed by atoms with Gasteiger partial charge in [-0.2, -0.15) is 15.5 Å². The maximum absolute atomic E-state index is 11.5. The van der Waals surface area contributed by atoms with Crippen molar-refractivity contribution in [2.75, 3.05) is 6.54 Å². The van der Waals surface area contributed by atoms with Crippen LogP contribution in [-0.2, 0) is 11.3 Å².